The molecule has 2 aromatic carbocycles. The van der Waals surface area contributed by atoms with Crippen LogP contribution in [0.15, 0.2) is 48.5 Å². The number of hydrogen-bond acceptors (Lipinski definition) is 8. The maximum Gasteiger partial charge on any atom is 2.00 e. The normalized spacial score (nSPS) is 10.2. The van der Waals surface area contributed by atoms with Crippen molar-refractivity contribution in [3.63, 3.8) is 0 Å². The number of carbonyl (C=O) groups excluding carboxylic acids is 3. The zero-order chi connectivity index (χ0) is 29.0. The molecule has 0 fully saturated rings. The average Bonchev–Trinajstić information content (AvgIpc) is 2.88. The number of carboxylic acids is 2. The topological polar surface area (TPSA) is 164 Å². The van der Waals surface area contributed by atoms with E-state index >= 15 is 0 Å². The van der Waals surface area contributed by atoms with E-state index in [0.29, 0.717) is 0 Å². The fourth-order valence-corrected chi connectivity index (χ4v) is 2.76. The van der Waals surface area contributed by atoms with Crippen LogP contribution >= 0.6 is 0 Å². The summed E-state index contributed by atoms with van der Waals surface area (Å²) in [6, 6.07) is 13.3. The molecule has 0 saturated heterocycles. The van der Waals surface area contributed by atoms with Gasteiger partial charge in [0.25, 0.3) is 6.47 Å². The van der Waals surface area contributed by atoms with Gasteiger partial charge in [-0.3, -0.25) is 19.2 Å². The average molecular weight is 676 g/mol. The second-order valence-corrected chi connectivity index (χ2v) is 7.52. The molecule has 0 aliphatic rings. The quantitative estimate of drug-likeness (QED) is 0.121. The zero-order valence-electron chi connectivity index (χ0n) is 21.7. The van der Waals surface area contributed by atoms with Crippen LogP contribution in [0.2, 0.25) is 0 Å². The number of carboxylic acid groups (broad SMARTS) is 2. The molecule has 0 aromatic heterocycles. The van der Waals surface area contributed by atoms with Gasteiger partial charge < -0.3 is 41.8 Å². The van der Waals surface area contributed by atoms with Gasteiger partial charge in [-0.25, -0.2) is 13.6 Å². The van der Waals surface area contributed by atoms with E-state index in [1.165, 1.54) is 36.4 Å². The van der Waals surface area contributed by atoms with Gasteiger partial charge in [-0.2, -0.15) is 18.2 Å². The van der Waals surface area contributed by atoms with Gasteiger partial charge in [0, 0.05) is 25.1 Å². The summed E-state index contributed by atoms with van der Waals surface area (Å²) >= 11 is 0. The molecule has 0 heterocycles. The van der Waals surface area contributed by atoms with Gasteiger partial charge in [0.15, 0.2) is 11.4 Å². The maximum absolute atomic E-state index is 12.8. The number of aliphatic hydroxyl groups is 1. The molecular formula is C28H37BrF2MgO10. The molecule has 42 heavy (non-hydrogen) atoms. The molecule has 0 amide bonds. The fraction of sp³-hybridized carbons (Fsp3) is 0.393. The number of methoxy groups -OCH3 is 1. The third kappa shape index (κ3) is 22.7. The largest absolute Gasteiger partial charge is 2.00 e. The van der Waals surface area contributed by atoms with Crippen LogP contribution in [0.4, 0.5) is 8.78 Å². The molecule has 0 spiro atoms. The number of benzene rings is 2. The molecule has 232 valence electrons. The minimum atomic E-state index is -1.96. The van der Waals surface area contributed by atoms with Gasteiger partial charge in [0.1, 0.15) is 12.4 Å². The maximum atomic E-state index is 12.8. The first kappa shape index (κ1) is 48.8. The van der Waals surface area contributed by atoms with E-state index in [1.807, 2.05) is 0 Å². The molecule has 1 unspecified atom stereocenters. The molecule has 0 bridgehead atoms. The van der Waals surface area contributed by atoms with E-state index in [-0.39, 0.29) is 124 Å². The Labute approximate surface area is 271 Å². The van der Waals surface area contributed by atoms with Gasteiger partial charge in [0.2, 0.25) is 0 Å². The van der Waals surface area contributed by atoms with Crippen molar-refractivity contribution in [2.24, 2.45) is 0 Å². The number of Topliss-reactive ketones (excluding diaryl/α,β-unsaturated/α-hetero) is 1. The summed E-state index contributed by atoms with van der Waals surface area (Å²) in [4.78, 5) is 52.5. The minimum absolute atomic E-state index is 0. The van der Waals surface area contributed by atoms with Crippen LogP contribution in [-0.2, 0) is 39.0 Å². The van der Waals surface area contributed by atoms with E-state index in [9.17, 15) is 37.9 Å². The fourth-order valence-electron chi connectivity index (χ4n) is 2.76. The van der Waals surface area contributed by atoms with Crippen LogP contribution in [0.5, 0.6) is 0 Å². The van der Waals surface area contributed by atoms with Crippen LogP contribution < -0.4 is 17.0 Å². The Morgan fingerprint density at radius 3 is 1.76 bits per heavy atom. The summed E-state index contributed by atoms with van der Waals surface area (Å²) in [7, 11) is 1.12. The van der Waals surface area contributed by atoms with Crippen molar-refractivity contribution in [3.8, 4) is 0 Å². The van der Waals surface area contributed by atoms with Crippen molar-refractivity contribution in [1.29, 1.82) is 0 Å². The van der Waals surface area contributed by atoms with Crippen LogP contribution in [0, 0.1) is 17.7 Å². The van der Waals surface area contributed by atoms with Crippen molar-refractivity contribution in [3.05, 3.63) is 71.8 Å². The summed E-state index contributed by atoms with van der Waals surface area (Å²) in [6.07, 6.45) is 0.194. The SMILES string of the molecule is C.C.COC(=O)C(O)(CCCC(=O)O)c1ccc(F)cc1.Fc1cc[c-]cc1.O=COCC(=O)CCCC(=O)O.[Br-].[Mg+2]. The Bertz CT molecular complexity index is 1030. The van der Waals surface area contributed by atoms with Crippen molar-refractivity contribution in [1.82, 2.24) is 0 Å². The van der Waals surface area contributed by atoms with Crippen molar-refractivity contribution >= 4 is 53.2 Å². The van der Waals surface area contributed by atoms with E-state index in [0.717, 1.165) is 19.2 Å². The second kappa shape index (κ2) is 28.2. The molecule has 1 atom stereocenters. The predicted molar refractivity (Wildman–Crippen MR) is 147 cm³/mol. The smallest absolute Gasteiger partial charge is 1.00 e. The number of hydrogen-bond donors (Lipinski definition) is 3. The van der Waals surface area contributed by atoms with Gasteiger partial charge in [-0.1, -0.05) is 27.0 Å². The van der Waals surface area contributed by atoms with Crippen LogP contribution in [-0.4, -0.2) is 82.3 Å². The summed E-state index contributed by atoms with van der Waals surface area (Å²) in [5, 5.41) is 27.1. The van der Waals surface area contributed by atoms with Gasteiger partial charge in [-0.15, -0.1) is 12.1 Å². The summed E-state index contributed by atoms with van der Waals surface area (Å²) in [5.74, 6) is -3.82. The van der Waals surface area contributed by atoms with Crippen LogP contribution in [0.25, 0.3) is 0 Å². The Morgan fingerprint density at radius 2 is 1.36 bits per heavy atom. The number of ketones is 1. The summed E-state index contributed by atoms with van der Waals surface area (Å²) in [5.41, 5.74) is -1.79. The van der Waals surface area contributed by atoms with E-state index < -0.39 is 29.3 Å². The van der Waals surface area contributed by atoms with E-state index in [2.05, 4.69) is 15.5 Å². The third-order valence-electron chi connectivity index (χ3n) is 4.61. The molecule has 2 aromatic rings. The number of ether oxygens (including phenoxy) is 2. The molecule has 0 saturated carbocycles. The van der Waals surface area contributed by atoms with E-state index in [4.69, 9.17) is 10.2 Å². The molecular weight excluding hydrogens is 639 g/mol. The molecule has 0 radical (unpaired) electrons. The predicted octanol–water partition coefficient (Wildman–Crippen LogP) is 0.946. The number of rotatable bonds is 13. The second-order valence-electron chi connectivity index (χ2n) is 7.52. The molecule has 3 N–H and O–H groups in total. The summed E-state index contributed by atoms with van der Waals surface area (Å²) < 4.78 is 33.4. The van der Waals surface area contributed by atoms with Crippen molar-refractivity contribution in [2.75, 3.05) is 13.7 Å². The Hall–Kier alpha value is -2.94. The number of halogens is 3. The number of esters is 1. The van der Waals surface area contributed by atoms with Crippen molar-refractivity contribution < 1.29 is 74.5 Å². The zero-order valence-corrected chi connectivity index (χ0v) is 24.7. The molecule has 0 aliphatic heterocycles. The molecule has 0 aliphatic carbocycles. The van der Waals surface area contributed by atoms with Crippen molar-refractivity contribution in [2.45, 2.75) is 59.0 Å². The summed E-state index contributed by atoms with van der Waals surface area (Å²) in [6.45, 7) is -0.0712. The van der Waals surface area contributed by atoms with Crippen LogP contribution in [0.1, 0.15) is 58.9 Å². The standard InChI is InChI=1S/C13H15FO5.C7H10O5.C6H4F.2CH4.BrH.Mg/c1-19-12(17)13(18,8-2-3-11(15)16)9-4-6-10(14)7-5-9;8-5-12-4-6(9)2-1-3-7(10)11;7-6-4-2-1-3-5-6;;;;/h4-7,18H,2-3,8H2,1H3,(H,15,16);5H,1-4H2,(H,10,11);2-5H;2*1H4;1H;/q;;-1;;;;+2/p-1. The first-order valence-corrected chi connectivity index (χ1v) is 11.1. The number of carbonyl (C=O) groups is 5. The third-order valence-corrected chi connectivity index (χ3v) is 4.61. The Kier molecular flexibility index (Phi) is 32.7. The van der Waals surface area contributed by atoms with Gasteiger partial charge in [0.05, 0.1) is 7.11 Å². The molecule has 10 nitrogen and oxygen atoms in total. The van der Waals surface area contributed by atoms with Gasteiger partial charge in [-0.05, 0) is 37.0 Å². The minimum Gasteiger partial charge on any atom is -1.00 e. The first-order valence-electron chi connectivity index (χ1n) is 11.1. The monoisotopic (exact) mass is 674 g/mol. The Balaban J connectivity index is -0.000000172. The van der Waals surface area contributed by atoms with E-state index in [1.54, 1.807) is 0 Å². The first-order chi connectivity index (χ1) is 18.0. The molecule has 2 rings (SSSR count). The van der Waals surface area contributed by atoms with Gasteiger partial charge >= 0.3 is 41.0 Å². The number of aliphatic carboxylic acids is 2. The Morgan fingerprint density at radius 1 is 0.881 bits per heavy atom. The van der Waals surface area contributed by atoms with Crippen LogP contribution in [0.3, 0.4) is 0 Å². The molecule has 14 heteroatoms.